The van der Waals surface area contributed by atoms with Crippen LogP contribution >= 0.6 is 0 Å². The van der Waals surface area contributed by atoms with Gasteiger partial charge in [-0.15, -0.1) is 0 Å². The number of halogens is 2. The van der Waals surface area contributed by atoms with Gasteiger partial charge in [-0.2, -0.15) is 0 Å². The maximum Gasteiger partial charge on any atom is 0.126 e. The summed E-state index contributed by atoms with van der Waals surface area (Å²) in [6.45, 7) is 4.27. The van der Waals surface area contributed by atoms with Gasteiger partial charge in [0.2, 0.25) is 0 Å². The average Bonchev–Trinajstić information content (AvgIpc) is 2.37. The van der Waals surface area contributed by atoms with Gasteiger partial charge in [0.05, 0.1) is 5.60 Å². The molecule has 1 aromatic carbocycles. The number of piperidine rings is 1. The number of hydrogen-bond acceptors (Lipinski definition) is 3. The second kappa shape index (κ2) is 6.81. The normalized spacial score (nSPS) is 25.0. The molecule has 1 saturated heterocycles. The van der Waals surface area contributed by atoms with E-state index in [1.165, 1.54) is 12.1 Å². The molecule has 0 spiro atoms. The zero-order chi connectivity index (χ0) is 15.5. The maximum absolute atomic E-state index is 13.3. The molecule has 2 unspecified atom stereocenters. The molecular weight excluding hydrogens is 274 g/mol. The fourth-order valence-corrected chi connectivity index (χ4v) is 3.08. The minimum atomic E-state index is -0.627. The lowest BCUT2D eigenvalue weighted by molar-refractivity contribution is -0.0163. The highest BCUT2D eigenvalue weighted by Gasteiger charge is 2.28. The molecule has 1 aliphatic rings. The highest BCUT2D eigenvalue weighted by atomic mass is 19.1. The van der Waals surface area contributed by atoms with E-state index in [4.69, 9.17) is 0 Å². The smallest absolute Gasteiger partial charge is 0.126 e. The first-order valence-electron chi connectivity index (χ1n) is 7.48. The van der Waals surface area contributed by atoms with Gasteiger partial charge in [0.1, 0.15) is 11.6 Å². The van der Waals surface area contributed by atoms with Gasteiger partial charge in [-0.25, -0.2) is 8.78 Å². The molecule has 1 aliphatic heterocycles. The predicted molar refractivity (Wildman–Crippen MR) is 79.1 cm³/mol. The lowest BCUT2D eigenvalue weighted by Crippen LogP contribution is -2.46. The number of nitrogens with one attached hydrogen (secondary N) is 1. The summed E-state index contributed by atoms with van der Waals surface area (Å²) in [6, 6.07) is 3.53. The van der Waals surface area contributed by atoms with Crippen molar-refractivity contribution in [3.63, 3.8) is 0 Å². The molecule has 1 heterocycles. The van der Waals surface area contributed by atoms with E-state index in [1.807, 2.05) is 6.92 Å². The Hall–Kier alpha value is -1.04. The Bertz CT molecular complexity index is 459. The molecule has 0 amide bonds. The highest BCUT2D eigenvalue weighted by Crippen LogP contribution is 2.23. The first kappa shape index (κ1) is 16.3. The second-order valence-corrected chi connectivity index (χ2v) is 6.21. The molecular formula is C16H24F2N2O. The summed E-state index contributed by atoms with van der Waals surface area (Å²) < 4.78 is 26.6. The molecule has 118 valence electrons. The van der Waals surface area contributed by atoms with Crippen LogP contribution in [0.2, 0.25) is 0 Å². The van der Waals surface area contributed by atoms with E-state index in [-0.39, 0.29) is 6.04 Å². The van der Waals surface area contributed by atoms with Crippen LogP contribution in [0, 0.1) is 11.6 Å². The number of β-amino-alcohol motifs (C(OH)–C–C–N with tert-alkyl or cyclic N) is 1. The van der Waals surface area contributed by atoms with Crippen LogP contribution in [-0.4, -0.2) is 42.3 Å². The Morgan fingerprint density at radius 2 is 2.00 bits per heavy atom. The van der Waals surface area contributed by atoms with E-state index in [0.29, 0.717) is 12.1 Å². The van der Waals surface area contributed by atoms with Crippen LogP contribution in [0.4, 0.5) is 8.78 Å². The number of benzene rings is 1. The third-order valence-corrected chi connectivity index (χ3v) is 4.12. The van der Waals surface area contributed by atoms with Gasteiger partial charge in [0, 0.05) is 25.2 Å². The Balaban J connectivity index is 1.96. The van der Waals surface area contributed by atoms with Crippen LogP contribution in [0.1, 0.15) is 37.8 Å². The monoisotopic (exact) mass is 298 g/mol. The van der Waals surface area contributed by atoms with Gasteiger partial charge in [-0.3, -0.25) is 0 Å². The van der Waals surface area contributed by atoms with E-state index in [1.54, 1.807) is 7.05 Å². The van der Waals surface area contributed by atoms with E-state index >= 15 is 0 Å². The third-order valence-electron chi connectivity index (χ3n) is 4.12. The summed E-state index contributed by atoms with van der Waals surface area (Å²) in [5.41, 5.74) is -0.00277. The Morgan fingerprint density at radius 3 is 2.57 bits per heavy atom. The summed E-state index contributed by atoms with van der Waals surface area (Å²) in [4.78, 5) is 2.21. The van der Waals surface area contributed by atoms with Gasteiger partial charge >= 0.3 is 0 Å². The third kappa shape index (κ3) is 4.73. The molecule has 1 fully saturated rings. The standard InChI is InChI=1S/C16H24F2N2O/c1-16(21)5-3-6-20(11-16)7-4-15(19-2)12-8-13(17)10-14(18)9-12/h8-10,15,19,21H,3-7,11H2,1-2H3. The second-order valence-electron chi connectivity index (χ2n) is 6.21. The summed E-state index contributed by atoms with van der Waals surface area (Å²) in [7, 11) is 1.79. The molecule has 0 bridgehead atoms. The number of nitrogens with zero attached hydrogens (tertiary/aromatic N) is 1. The van der Waals surface area contributed by atoms with Crippen molar-refractivity contribution in [1.29, 1.82) is 0 Å². The van der Waals surface area contributed by atoms with Crippen LogP contribution in [0.5, 0.6) is 0 Å². The summed E-state index contributed by atoms with van der Waals surface area (Å²) in [5.74, 6) is -1.10. The highest BCUT2D eigenvalue weighted by molar-refractivity contribution is 5.21. The quantitative estimate of drug-likeness (QED) is 0.876. The summed E-state index contributed by atoms with van der Waals surface area (Å²) in [6.07, 6.45) is 2.55. The zero-order valence-electron chi connectivity index (χ0n) is 12.7. The topological polar surface area (TPSA) is 35.5 Å². The fraction of sp³-hybridized carbons (Fsp3) is 0.625. The molecule has 3 nitrogen and oxygen atoms in total. The van der Waals surface area contributed by atoms with Crippen molar-refractivity contribution in [1.82, 2.24) is 10.2 Å². The number of likely N-dealkylation sites (tertiary alicyclic amines) is 1. The number of rotatable bonds is 5. The molecule has 2 atom stereocenters. The molecule has 1 aromatic rings. The van der Waals surface area contributed by atoms with Crippen LogP contribution < -0.4 is 5.32 Å². The predicted octanol–water partition coefficient (Wildman–Crippen LogP) is 2.46. The Kier molecular flexibility index (Phi) is 5.30. The van der Waals surface area contributed by atoms with Crippen molar-refractivity contribution < 1.29 is 13.9 Å². The molecule has 21 heavy (non-hydrogen) atoms. The zero-order valence-corrected chi connectivity index (χ0v) is 12.7. The molecule has 2 rings (SSSR count). The van der Waals surface area contributed by atoms with E-state index in [0.717, 1.165) is 38.4 Å². The lowest BCUT2D eigenvalue weighted by Gasteiger charge is -2.37. The van der Waals surface area contributed by atoms with Crippen LogP contribution in [0.25, 0.3) is 0 Å². The van der Waals surface area contributed by atoms with Gasteiger partial charge in [-0.1, -0.05) is 0 Å². The summed E-state index contributed by atoms with van der Waals surface area (Å²) in [5, 5.41) is 13.2. The van der Waals surface area contributed by atoms with Crippen LogP contribution in [0.15, 0.2) is 18.2 Å². The van der Waals surface area contributed by atoms with Crippen molar-refractivity contribution in [3.8, 4) is 0 Å². The number of hydrogen-bond donors (Lipinski definition) is 2. The molecule has 0 aromatic heterocycles. The minimum absolute atomic E-state index is 0.0953. The molecule has 2 N–H and O–H groups in total. The van der Waals surface area contributed by atoms with Gasteiger partial charge in [0.25, 0.3) is 0 Å². The van der Waals surface area contributed by atoms with Crippen molar-refractivity contribution in [2.24, 2.45) is 0 Å². The molecule has 5 heteroatoms. The molecule has 0 radical (unpaired) electrons. The average molecular weight is 298 g/mol. The van der Waals surface area contributed by atoms with Crippen LogP contribution in [0.3, 0.4) is 0 Å². The first-order chi connectivity index (χ1) is 9.89. The number of aliphatic hydroxyl groups is 1. The van der Waals surface area contributed by atoms with Crippen molar-refractivity contribution in [3.05, 3.63) is 35.4 Å². The SMILES string of the molecule is CNC(CCN1CCCC(C)(O)C1)c1cc(F)cc(F)c1. The first-order valence-corrected chi connectivity index (χ1v) is 7.48. The van der Waals surface area contributed by atoms with Gasteiger partial charge in [0.15, 0.2) is 0 Å². The lowest BCUT2D eigenvalue weighted by atomic mass is 9.94. The molecule has 0 aliphatic carbocycles. The van der Waals surface area contributed by atoms with Gasteiger partial charge in [-0.05, 0) is 57.5 Å². The van der Waals surface area contributed by atoms with Gasteiger partial charge < -0.3 is 15.3 Å². The maximum atomic E-state index is 13.3. The van der Waals surface area contributed by atoms with E-state index in [2.05, 4.69) is 10.2 Å². The minimum Gasteiger partial charge on any atom is -0.389 e. The van der Waals surface area contributed by atoms with E-state index < -0.39 is 17.2 Å². The van der Waals surface area contributed by atoms with Crippen molar-refractivity contribution in [2.75, 3.05) is 26.7 Å². The Morgan fingerprint density at radius 1 is 1.33 bits per heavy atom. The van der Waals surface area contributed by atoms with E-state index in [9.17, 15) is 13.9 Å². The molecule has 0 saturated carbocycles. The van der Waals surface area contributed by atoms with Crippen LogP contribution in [-0.2, 0) is 0 Å². The fourth-order valence-electron chi connectivity index (χ4n) is 3.08. The van der Waals surface area contributed by atoms with Crippen molar-refractivity contribution in [2.45, 2.75) is 37.8 Å². The largest absolute Gasteiger partial charge is 0.389 e. The van der Waals surface area contributed by atoms with Crippen molar-refractivity contribution >= 4 is 0 Å². The summed E-state index contributed by atoms with van der Waals surface area (Å²) >= 11 is 0. The Labute approximate surface area is 125 Å².